The van der Waals surface area contributed by atoms with Crippen molar-refractivity contribution in [3.8, 4) is 11.1 Å². The smallest absolute Gasteiger partial charge is 0.344 e. The van der Waals surface area contributed by atoms with E-state index in [0.29, 0.717) is 29.9 Å². The van der Waals surface area contributed by atoms with Crippen molar-refractivity contribution in [2.24, 2.45) is 16.5 Å². The van der Waals surface area contributed by atoms with Gasteiger partial charge >= 0.3 is 5.63 Å². The molecule has 0 spiro atoms. The van der Waals surface area contributed by atoms with Gasteiger partial charge in [0.05, 0.1) is 16.4 Å². The maximum atomic E-state index is 12.7. The SMILES string of the molecule is CC(=O)O.CC(=O)O.CC(=O)O.CC(=O)O.CC(=O)O.CCN(CC)c1cccc2oc(=O)c(-c3ccc(N=C=S)cc3)c(C)c12.NCCNCCN. The molecule has 0 aliphatic rings. The number of hydrogen-bond donors (Lipinski definition) is 8. The fourth-order valence-corrected chi connectivity index (χ4v) is 3.76. The number of carboxylic acids is 5. The van der Waals surface area contributed by atoms with Crippen molar-refractivity contribution < 1.29 is 53.9 Å². The van der Waals surface area contributed by atoms with Crippen molar-refractivity contribution in [1.82, 2.24) is 5.32 Å². The summed E-state index contributed by atoms with van der Waals surface area (Å²) in [6, 6.07) is 13.2. The highest BCUT2D eigenvalue weighted by Crippen LogP contribution is 2.34. The lowest BCUT2D eigenvalue weighted by atomic mass is 9.98. The Kier molecular flexibility index (Phi) is 34.4. The van der Waals surface area contributed by atoms with Gasteiger partial charge in [0, 0.05) is 85.0 Å². The molecule has 3 rings (SSSR count). The number of benzene rings is 2. The first kappa shape index (κ1) is 54.3. The van der Waals surface area contributed by atoms with E-state index in [1.165, 1.54) is 0 Å². The van der Waals surface area contributed by atoms with E-state index in [4.69, 9.17) is 65.4 Å². The molecular formula is C35H53N5O12S. The predicted octanol–water partition coefficient (Wildman–Crippen LogP) is 4.30. The predicted molar refractivity (Wildman–Crippen MR) is 208 cm³/mol. The quantitative estimate of drug-likeness (QED) is 0.0651. The number of aliphatic imine (C=N–C) groups is 1. The van der Waals surface area contributed by atoms with Gasteiger partial charge in [-0.2, -0.15) is 4.99 Å². The molecule has 0 aliphatic carbocycles. The Hall–Kier alpha value is -5.52. The molecule has 0 bridgehead atoms. The average Bonchev–Trinajstić information content (AvgIpc) is 3.02. The molecule has 0 unspecified atom stereocenters. The van der Waals surface area contributed by atoms with Gasteiger partial charge in [0.1, 0.15) is 5.58 Å². The zero-order valence-electron chi connectivity index (χ0n) is 31.3. The van der Waals surface area contributed by atoms with E-state index < -0.39 is 29.8 Å². The lowest BCUT2D eigenvalue weighted by molar-refractivity contribution is -0.135. The Morgan fingerprint density at radius 2 is 1.17 bits per heavy atom. The first-order valence-corrected chi connectivity index (χ1v) is 16.2. The topological polar surface area (TPSA) is 296 Å². The second-order valence-corrected chi connectivity index (χ2v) is 10.1. The van der Waals surface area contributed by atoms with Gasteiger partial charge in [0.15, 0.2) is 0 Å². The van der Waals surface area contributed by atoms with Crippen LogP contribution in [0.15, 0.2) is 56.7 Å². The summed E-state index contributed by atoms with van der Waals surface area (Å²) in [7, 11) is 0. The summed E-state index contributed by atoms with van der Waals surface area (Å²) in [6.07, 6.45) is 0. The highest BCUT2D eigenvalue weighted by atomic mass is 32.1. The fraction of sp³-hybridized carbons (Fsp3) is 0.400. The molecule has 0 aliphatic heterocycles. The van der Waals surface area contributed by atoms with E-state index in [0.717, 1.165) is 83.0 Å². The molecule has 0 amide bonds. The fourth-order valence-electron chi connectivity index (χ4n) is 3.66. The van der Waals surface area contributed by atoms with E-state index in [9.17, 15) is 4.79 Å². The van der Waals surface area contributed by atoms with Crippen molar-refractivity contribution in [2.75, 3.05) is 44.2 Å². The minimum absolute atomic E-state index is 0.335. The van der Waals surface area contributed by atoms with Gasteiger partial charge in [-0.25, -0.2) is 4.79 Å². The molecule has 2 aromatic carbocycles. The molecule has 0 saturated heterocycles. The van der Waals surface area contributed by atoms with Crippen molar-refractivity contribution in [1.29, 1.82) is 0 Å². The second kappa shape index (κ2) is 33.6. The Morgan fingerprint density at radius 3 is 1.51 bits per heavy atom. The second-order valence-electron chi connectivity index (χ2n) is 9.88. The van der Waals surface area contributed by atoms with Gasteiger partial charge in [-0.05, 0) is 68.4 Å². The number of anilines is 1. The number of isothiocyanates is 1. The molecule has 53 heavy (non-hydrogen) atoms. The van der Waals surface area contributed by atoms with Crippen molar-refractivity contribution >= 4 is 69.6 Å². The van der Waals surface area contributed by atoms with Crippen molar-refractivity contribution in [3.63, 3.8) is 0 Å². The largest absolute Gasteiger partial charge is 0.481 e. The monoisotopic (exact) mass is 767 g/mol. The molecule has 18 heteroatoms. The minimum atomic E-state index is -0.833. The van der Waals surface area contributed by atoms with Crippen LogP contribution in [0, 0.1) is 6.92 Å². The third-order valence-electron chi connectivity index (χ3n) is 5.24. The van der Waals surface area contributed by atoms with Crippen LogP contribution < -0.4 is 27.3 Å². The van der Waals surface area contributed by atoms with Crippen LogP contribution in [-0.4, -0.2) is 99.8 Å². The summed E-state index contributed by atoms with van der Waals surface area (Å²) < 4.78 is 5.65. The summed E-state index contributed by atoms with van der Waals surface area (Å²) >= 11 is 4.63. The third-order valence-corrected chi connectivity index (χ3v) is 5.33. The Morgan fingerprint density at radius 1 is 0.774 bits per heavy atom. The number of nitrogens with zero attached hydrogens (tertiary/aromatic N) is 2. The number of carboxylic acid groups (broad SMARTS) is 5. The lowest BCUT2D eigenvalue weighted by Gasteiger charge is -2.23. The highest BCUT2D eigenvalue weighted by molar-refractivity contribution is 7.78. The molecule has 0 fully saturated rings. The van der Waals surface area contributed by atoms with Gasteiger partial charge in [-0.1, -0.05) is 18.2 Å². The third kappa shape index (κ3) is 32.2. The number of rotatable bonds is 9. The first-order valence-electron chi connectivity index (χ1n) is 15.8. The van der Waals surface area contributed by atoms with E-state index in [1.54, 1.807) is 0 Å². The van der Waals surface area contributed by atoms with Crippen LogP contribution in [0.3, 0.4) is 0 Å². The number of thiocarbonyl (C=S) groups is 1. The van der Waals surface area contributed by atoms with Gasteiger partial charge < -0.3 is 51.6 Å². The minimum Gasteiger partial charge on any atom is -0.481 e. The number of carbonyl (C=O) groups is 5. The van der Waals surface area contributed by atoms with E-state index in [1.807, 2.05) is 43.3 Å². The molecule has 0 atom stereocenters. The number of aliphatic carboxylic acids is 5. The van der Waals surface area contributed by atoms with Crippen LogP contribution in [0.2, 0.25) is 0 Å². The van der Waals surface area contributed by atoms with E-state index >= 15 is 0 Å². The summed E-state index contributed by atoms with van der Waals surface area (Å²) in [5.74, 6) is -4.17. The molecular weight excluding hydrogens is 714 g/mol. The summed E-state index contributed by atoms with van der Waals surface area (Å²) in [5.41, 5.74) is 14.7. The van der Waals surface area contributed by atoms with Crippen molar-refractivity contribution in [3.05, 3.63) is 58.4 Å². The molecule has 3 aromatic rings. The molecule has 17 nitrogen and oxygen atoms in total. The summed E-state index contributed by atoms with van der Waals surface area (Å²) in [6.45, 7) is 16.5. The lowest BCUT2D eigenvalue weighted by Crippen LogP contribution is -2.27. The summed E-state index contributed by atoms with van der Waals surface area (Å²) in [4.78, 5) is 63.9. The number of hydrogen-bond acceptors (Lipinski definition) is 13. The molecule has 1 aromatic heterocycles. The van der Waals surface area contributed by atoms with Crippen LogP contribution in [0.4, 0.5) is 11.4 Å². The van der Waals surface area contributed by atoms with Gasteiger partial charge in [0.25, 0.3) is 29.8 Å². The van der Waals surface area contributed by atoms with Gasteiger partial charge in [-0.3, -0.25) is 24.0 Å². The van der Waals surface area contributed by atoms with Crippen molar-refractivity contribution in [2.45, 2.75) is 55.4 Å². The molecule has 296 valence electrons. The van der Waals surface area contributed by atoms with E-state index in [2.05, 4.69) is 52.5 Å². The molecule has 1 heterocycles. The van der Waals surface area contributed by atoms with Crippen LogP contribution in [0.5, 0.6) is 0 Å². The zero-order valence-corrected chi connectivity index (χ0v) is 32.2. The normalized spacial score (nSPS) is 8.79. The molecule has 0 saturated carbocycles. The maximum absolute atomic E-state index is 12.7. The van der Waals surface area contributed by atoms with Crippen LogP contribution in [-0.2, 0) is 24.0 Å². The Labute approximate surface area is 313 Å². The van der Waals surface area contributed by atoms with Gasteiger partial charge in [-0.15, -0.1) is 0 Å². The number of nitrogens with one attached hydrogen (secondary N) is 1. The molecule has 10 N–H and O–H groups in total. The maximum Gasteiger partial charge on any atom is 0.344 e. The van der Waals surface area contributed by atoms with E-state index in [-0.39, 0.29) is 5.63 Å². The molecule has 0 radical (unpaired) electrons. The summed E-state index contributed by atoms with van der Waals surface area (Å²) in [5, 5.41) is 43.4. The Balaban J connectivity index is -0.000000361. The van der Waals surface area contributed by atoms with Crippen LogP contribution >= 0.6 is 12.2 Å². The standard InChI is InChI=1S/C21H20N2O2S.C4H13N3.5C2H4O2/c1-4-23(5-2)17-7-6-8-18-20(17)14(3)19(21(24)25-18)15-9-11-16(12-10-15)22-13-26;5-1-3-7-4-2-6;5*1-2(3)4/h6-12H,4-5H2,1-3H3;7H,1-6H2;5*1H3,(H,3,4). The first-order chi connectivity index (χ1) is 24.7. The van der Waals surface area contributed by atoms with Gasteiger partial charge in [0.2, 0.25) is 0 Å². The van der Waals surface area contributed by atoms with Crippen LogP contribution in [0.1, 0.15) is 54.0 Å². The number of aryl methyl sites for hydroxylation is 1. The average molecular weight is 768 g/mol. The highest BCUT2D eigenvalue weighted by Gasteiger charge is 2.17. The zero-order chi connectivity index (χ0) is 42.1. The number of nitrogens with two attached hydrogens (primary N) is 2. The Bertz CT molecular complexity index is 1540. The number of fused-ring (bicyclic) bond motifs is 1. The van der Waals surface area contributed by atoms with Crippen LogP contribution in [0.25, 0.3) is 22.1 Å².